The van der Waals surface area contributed by atoms with E-state index in [1.54, 1.807) is 0 Å². The van der Waals surface area contributed by atoms with Crippen LogP contribution in [0, 0.1) is 6.92 Å². The average molecular weight is 232 g/mol. The fourth-order valence-corrected chi connectivity index (χ4v) is 2.58. The molecule has 2 nitrogen and oxygen atoms in total. The van der Waals surface area contributed by atoms with Gasteiger partial charge in [0, 0.05) is 17.0 Å². The van der Waals surface area contributed by atoms with E-state index in [2.05, 4.69) is 64.8 Å². The van der Waals surface area contributed by atoms with E-state index in [4.69, 9.17) is 0 Å². The van der Waals surface area contributed by atoms with Crippen LogP contribution in [0.15, 0.2) is 54.7 Å². The minimum Gasteiger partial charge on any atom is -0.294 e. The van der Waals surface area contributed by atoms with Crippen molar-refractivity contribution < 1.29 is 0 Å². The zero-order chi connectivity index (χ0) is 12.1. The predicted octanol–water partition coefficient (Wildman–Crippen LogP) is 3.95. The molecule has 0 aliphatic heterocycles. The molecular formula is C16H12N2. The van der Waals surface area contributed by atoms with Crippen molar-refractivity contribution in [2.24, 2.45) is 0 Å². The quantitative estimate of drug-likeness (QED) is 0.448. The topological polar surface area (TPSA) is 17.3 Å². The lowest BCUT2D eigenvalue weighted by Crippen LogP contribution is -1.90. The minimum atomic E-state index is 1.01. The van der Waals surface area contributed by atoms with Crippen LogP contribution in [0.1, 0.15) is 5.56 Å². The largest absolute Gasteiger partial charge is 0.294 e. The summed E-state index contributed by atoms with van der Waals surface area (Å²) < 4.78 is 2.23. The molecule has 2 aromatic heterocycles. The molecule has 86 valence electrons. The van der Waals surface area contributed by atoms with E-state index in [1.807, 2.05) is 6.20 Å². The Kier molecular flexibility index (Phi) is 1.78. The fourth-order valence-electron chi connectivity index (χ4n) is 2.58. The molecule has 4 rings (SSSR count). The van der Waals surface area contributed by atoms with Gasteiger partial charge in [-0.3, -0.25) is 4.40 Å². The number of fused-ring (bicyclic) bond motifs is 5. The van der Waals surface area contributed by atoms with Crippen molar-refractivity contribution in [2.75, 3.05) is 0 Å². The summed E-state index contributed by atoms with van der Waals surface area (Å²) in [4.78, 5) is 4.54. The lowest BCUT2D eigenvalue weighted by atomic mass is 10.2. The van der Waals surface area contributed by atoms with Gasteiger partial charge in [-0.1, -0.05) is 30.3 Å². The molecule has 0 fully saturated rings. The summed E-state index contributed by atoms with van der Waals surface area (Å²) in [5.41, 5.74) is 4.72. The number of aromatic nitrogens is 2. The smallest absolute Gasteiger partial charge is 0.138 e. The van der Waals surface area contributed by atoms with Crippen molar-refractivity contribution in [1.82, 2.24) is 9.38 Å². The summed E-state index contributed by atoms with van der Waals surface area (Å²) >= 11 is 0. The van der Waals surface area contributed by atoms with Crippen molar-refractivity contribution in [1.29, 1.82) is 0 Å². The predicted molar refractivity (Wildman–Crippen MR) is 74.9 cm³/mol. The number of nitrogens with zero attached hydrogens (tertiary/aromatic N) is 2. The molecule has 0 N–H and O–H groups in total. The van der Waals surface area contributed by atoms with Gasteiger partial charge in [0.15, 0.2) is 0 Å². The maximum absolute atomic E-state index is 4.54. The number of hydrogen-bond donors (Lipinski definition) is 0. The average Bonchev–Trinajstić information content (AvgIpc) is 2.77. The van der Waals surface area contributed by atoms with Crippen molar-refractivity contribution in [2.45, 2.75) is 6.92 Å². The molecule has 0 aliphatic rings. The highest BCUT2D eigenvalue weighted by Crippen LogP contribution is 2.24. The molecule has 0 saturated heterocycles. The molecule has 2 aromatic carbocycles. The zero-order valence-corrected chi connectivity index (χ0v) is 10.1. The van der Waals surface area contributed by atoms with Crippen LogP contribution < -0.4 is 0 Å². The third-order valence-electron chi connectivity index (χ3n) is 3.45. The number of benzene rings is 2. The maximum Gasteiger partial charge on any atom is 0.138 e. The van der Waals surface area contributed by atoms with Gasteiger partial charge in [-0.2, -0.15) is 0 Å². The lowest BCUT2D eigenvalue weighted by molar-refractivity contribution is 1.23. The molecule has 0 amide bonds. The van der Waals surface area contributed by atoms with E-state index in [-0.39, 0.29) is 0 Å². The van der Waals surface area contributed by atoms with Crippen LogP contribution in [0.2, 0.25) is 0 Å². The summed E-state index contributed by atoms with van der Waals surface area (Å²) in [5, 5.41) is 2.41. The van der Waals surface area contributed by atoms with E-state index < -0.39 is 0 Å². The van der Waals surface area contributed by atoms with Gasteiger partial charge >= 0.3 is 0 Å². The van der Waals surface area contributed by atoms with Gasteiger partial charge < -0.3 is 0 Å². The monoisotopic (exact) mass is 232 g/mol. The Bertz CT molecular complexity index is 887. The molecular weight excluding hydrogens is 220 g/mol. The van der Waals surface area contributed by atoms with Gasteiger partial charge in [0.05, 0.1) is 11.0 Å². The summed E-state index contributed by atoms with van der Waals surface area (Å²) in [6.07, 6.45) is 1.95. The Hall–Kier alpha value is -2.35. The van der Waals surface area contributed by atoms with E-state index in [0.717, 1.165) is 5.65 Å². The van der Waals surface area contributed by atoms with E-state index in [1.165, 1.54) is 27.4 Å². The third-order valence-corrected chi connectivity index (χ3v) is 3.45. The second-order valence-electron chi connectivity index (χ2n) is 4.72. The van der Waals surface area contributed by atoms with Gasteiger partial charge in [-0.15, -0.1) is 0 Å². The van der Waals surface area contributed by atoms with Crippen LogP contribution >= 0.6 is 0 Å². The lowest BCUT2D eigenvalue weighted by Gasteiger charge is -2.04. The Balaban J connectivity index is 2.35. The Morgan fingerprint density at radius 3 is 2.72 bits per heavy atom. The summed E-state index contributed by atoms with van der Waals surface area (Å²) in [5.74, 6) is 0. The van der Waals surface area contributed by atoms with Crippen LogP contribution in [0.5, 0.6) is 0 Å². The minimum absolute atomic E-state index is 1.01. The number of aryl methyl sites for hydroxylation is 1. The van der Waals surface area contributed by atoms with Gasteiger partial charge in [-0.25, -0.2) is 4.98 Å². The first-order chi connectivity index (χ1) is 8.83. The summed E-state index contributed by atoms with van der Waals surface area (Å²) in [6.45, 7) is 2.12. The summed E-state index contributed by atoms with van der Waals surface area (Å²) in [7, 11) is 0. The Labute approximate surface area is 104 Å². The number of hydrogen-bond acceptors (Lipinski definition) is 1. The first kappa shape index (κ1) is 9.66. The van der Waals surface area contributed by atoms with Gasteiger partial charge in [-0.05, 0) is 30.7 Å². The van der Waals surface area contributed by atoms with Gasteiger partial charge in [0.25, 0.3) is 0 Å². The molecule has 18 heavy (non-hydrogen) atoms. The highest BCUT2D eigenvalue weighted by atomic mass is 15.0. The highest BCUT2D eigenvalue weighted by molar-refractivity contribution is 5.92. The van der Waals surface area contributed by atoms with E-state index in [0.29, 0.717) is 0 Å². The number of para-hydroxylation sites is 1. The molecule has 0 radical (unpaired) electrons. The Morgan fingerprint density at radius 2 is 1.78 bits per heavy atom. The highest BCUT2D eigenvalue weighted by Gasteiger charge is 2.06. The molecule has 2 heteroatoms. The molecule has 0 bridgehead atoms. The van der Waals surface area contributed by atoms with Gasteiger partial charge in [0.2, 0.25) is 0 Å². The second-order valence-corrected chi connectivity index (χ2v) is 4.72. The first-order valence-corrected chi connectivity index (χ1v) is 6.08. The van der Waals surface area contributed by atoms with Crippen LogP contribution in [0.25, 0.3) is 27.5 Å². The van der Waals surface area contributed by atoms with Crippen molar-refractivity contribution in [3.63, 3.8) is 0 Å². The molecule has 0 unspecified atom stereocenters. The first-order valence-electron chi connectivity index (χ1n) is 6.08. The molecule has 0 spiro atoms. The summed E-state index contributed by atoms with van der Waals surface area (Å²) in [6, 6.07) is 17.0. The van der Waals surface area contributed by atoms with Crippen LogP contribution in [0.3, 0.4) is 0 Å². The van der Waals surface area contributed by atoms with Crippen LogP contribution in [-0.4, -0.2) is 9.38 Å². The van der Waals surface area contributed by atoms with E-state index >= 15 is 0 Å². The van der Waals surface area contributed by atoms with Crippen molar-refractivity contribution in [3.8, 4) is 0 Å². The van der Waals surface area contributed by atoms with Crippen molar-refractivity contribution in [3.05, 3.63) is 60.3 Å². The molecule has 0 aliphatic carbocycles. The molecule has 0 saturated carbocycles. The van der Waals surface area contributed by atoms with Gasteiger partial charge in [0.1, 0.15) is 5.65 Å². The molecule has 2 heterocycles. The second kappa shape index (κ2) is 3.33. The Morgan fingerprint density at radius 1 is 0.889 bits per heavy atom. The third kappa shape index (κ3) is 1.20. The normalized spacial score (nSPS) is 11.6. The van der Waals surface area contributed by atoms with Crippen LogP contribution in [-0.2, 0) is 0 Å². The van der Waals surface area contributed by atoms with Crippen molar-refractivity contribution >= 4 is 27.5 Å². The standard InChI is InChI=1S/C16H12N2/c1-11-6-7-13-10-17-16-9-12-4-2-3-5-14(12)18(16)15(13)8-11/h2-10H,1H3. The van der Waals surface area contributed by atoms with Crippen LogP contribution in [0.4, 0.5) is 0 Å². The fraction of sp³-hybridized carbons (Fsp3) is 0.0625. The zero-order valence-electron chi connectivity index (χ0n) is 10.1. The molecule has 0 atom stereocenters. The number of rotatable bonds is 0. The SMILES string of the molecule is Cc1ccc2cnc3cc4ccccc4n3c2c1. The maximum atomic E-state index is 4.54. The van der Waals surface area contributed by atoms with E-state index in [9.17, 15) is 0 Å². The molecule has 4 aromatic rings.